The summed E-state index contributed by atoms with van der Waals surface area (Å²) in [7, 11) is 0. The van der Waals surface area contributed by atoms with Gasteiger partial charge in [0, 0.05) is 11.8 Å². The number of fused-ring (bicyclic) bond motifs is 1. The maximum Gasteiger partial charge on any atom is 0.291 e. The predicted octanol–water partition coefficient (Wildman–Crippen LogP) is 2.89. The molecule has 0 fully saturated rings. The summed E-state index contributed by atoms with van der Waals surface area (Å²) in [6, 6.07) is 8.30. The molecule has 22 heavy (non-hydrogen) atoms. The first-order chi connectivity index (χ1) is 10.5. The Hall–Kier alpha value is -2.76. The lowest BCUT2D eigenvalue weighted by molar-refractivity contribution is -0.124. The normalized spacial score (nSPS) is 16.0. The van der Waals surface area contributed by atoms with Crippen LogP contribution in [0.1, 0.15) is 24.4 Å². The van der Waals surface area contributed by atoms with E-state index in [1.165, 1.54) is 6.26 Å². The zero-order chi connectivity index (χ0) is 15.7. The second-order valence-corrected chi connectivity index (χ2v) is 5.77. The SMILES string of the molecule is CC1(C)COc2cc(NC(=O)c3ccco3)ccc2NC1=O. The minimum atomic E-state index is -0.614. The molecule has 2 amide bonds. The summed E-state index contributed by atoms with van der Waals surface area (Å²) in [6.07, 6.45) is 1.44. The van der Waals surface area contributed by atoms with Crippen LogP contribution in [0, 0.1) is 5.41 Å². The molecule has 0 saturated carbocycles. The molecular formula is C16H16N2O4. The van der Waals surface area contributed by atoms with Gasteiger partial charge in [0.2, 0.25) is 5.91 Å². The van der Waals surface area contributed by atoms with Crippen molar-refractivity contribution in [2.45, 2.75) is 13.8 Å². The van der Waals surface area contributed by atoms with Crippen molar-refractivity contribution < 1.29 is 18.7 Å². The van der Waals surface area contributed by atoms with Crippen LogP contribution in [0.2, 0.25) is 0 Å². The molecule has 0 atom stereocenters. The van der Waals surface area contributed by atoms with Crippen LogP contribution in [0.25, 0.3) is 0 Å². The molecule has 1 aromatic carbocycles. The van der Waals surface area contributed by atoms with Crippen molar-refractivity contribution in [1.29, 1.82) is 0 Å². The van der Waals surface area contributed by atoms with Crippen molar-refractivity contribution in [1.82, 2.24) is 0 Å². The number of ether oxygens (including phenoxy) is 1. The Labute approximate surface area is 127 Å². The molecule has 114 valence electrons. The zero-order valence-corrected chi connectivity index (χ0v) is 12.3. The highest BCUT2D eigenvalue weighted by atomic mass is 16.5. The summed E-state index contributed by atoms with van der Waals surface area (Å²) in [5.41, 5.74) is 0.539. The molecule has 1 aromatic heterocycles. The molecule has 0 saturated heterocycles. The lowest BCUT2D eigenvalue weighted by atomic mass is 9.94. The third kappa shape index (κ3) is 2.67. The highest BCUT2D eigenvalue weighted by Gasteiger charge is 2.32. The summed E-state index contributed by atoms with van der Waals surface area (Å²) < 4.78 is 10.7. The van der Waals surface area contributed by atoms with E-state index in [1.54, 1.807) is 30.3 Å². The summed E-state index contributed by atoms with van der Waals surface area (Å²) in [5, 5.41) is 5.55. The van der Waals surface area contributed by atoms with Crippen molar-refractivity contribution in [2.75, 3.05) is 17.2 Å². The van der Waals surface area contributed by atoms with Gasteiger partial charge in [-0.3, -0.25) is 9.59 Å². The third-order valence-electron chi connectivity index (χ3n) is 3.44. The van der Waals surface area contributed by atoms with Crippen LogP contribution in [-0.2, 0) is 4.79 Å². The van der Waals surface area contributed by atoms with E-state index in [0.717, 1.165) is 0 Å². The van der Waals surface area contributed by atoms with E-state index in [2.05, 4.69) is 10.6 Å². The molecule has 6 heteroatoms. The minimum Gasteiger partial charge on any atom is -0.490 e. The minimum absolute atomic E-state index is 0.0985. The van der Waals surface area contributed by atoms with E-state index < -0.39 is 5.41 Å². The summed E-state index contributed by atoms with van der Waals surface area (Å²) in [6.45, 7) is 3.89. The molecule has 2 aromatic rings. The van der Waals surface area contributed by atoms with E-state index in [9.17, 15) is 9.59 Å². The molecule has 1 aliphatic rings. The fraction of sp³-hybridized carbons (Fsp3) is 0.250. The van der Waals surface area contributed by atoms with Crippen molar-refractivity contribution in [2.24, 2.45) is 5.41 Å². The molecule has 0 bridgehead atoms. The van der Waals surface area contributed by atoms with Gasteiger partial charge in [-0.1, -0.05) is 0 Å². The smallest absolute Gasteiger partial charge is 0.291 e. The molecule has 2 heterocycles. The van der Waals surface area contributed by atoms with E-state index in [0.29, 0.717) is 17.1 Å². The van der Waals surface area contributed by atoms with Crippen LogP contribution in [0.5, 0.6) is 5.75 Å². The fourth-order valence-electron chi connectivity index (χ4n) is 2.04. The lowest BCUT2D eigenvalue weighted by Crippen LogP contribution is -2.33. The zero-order valence-electron chi connectivity index (χ0n) is 12.3. The molecule has 0 unspecified atom stereocenters. The van der Waals surface area contributed by atoms with Gasteiger partial charge in [-0.25, -0.2) is 0 Å². The number of anilines is 2. The number of carbonyl (C=O) groups excluding carboxylic acids is 2. The first-order valence-electron chi connectivity index (χ1n) is 6.89. The van der Waals surface area contributed by atoms with Crippen LogP contribution in [0.4, 0.5) is 11.4 Å². The number of rotatable bonds is 2. The van der Waals surface area contributed by atoms with Gasteiger partial charge in [-0.2, -0.15) is 0 Å². The van der Waals surface area contributed by atoms with E-state index in [1.807, 2.05) is 13.8 Å². The predicted molar refractivity (Wildman–Crippen MR) is 81.0 cm³/mol. The Morgan fingerprint density at radius 1 is 1.32 bits per heavy atom. The van der Waals surface area contributed by atoms with Gasteiger partial charge < -0.3 is 19.8 Å². The molecule has 6 nitrogen and oxygen atoms in total. The Kier molecular flexibility index (Phi) is 3.36. The Bertz CT molecular complexity index is 720. The Balaban J connectivity index is 1.82. The average Bonchev–Trinajstić information content (AvgIpc) is 2.98. The van der Waals surface area contributed by atoms with Gasteiger partial charge in [0.05, 0.1) is 17.4 Å². The van der Waals surface area contributed by atoms with Crippen LogP contribution in [0.3, 0.4) is 0 Å². The second-order valence-electron chi connectivity index (χ2n) is 5.77. The maximum absolute atomic E-state index is 12.0. The topological polar surface area (TPSA) is 80.6 Å². The summed E-state index contributed by atoms with van der Waals surface area (Å²) >= 11 is 0. The standard InChI is InChI=1S/C16H16N2O4/c1-16(2)9-22-13-8-10(5-6-11(13)18-15(16)20)17-14(19)12-4-3-7-21-12/h3-8H,9H2,1-2H3,(H,17,19)(H,18,20). The van der Waals surface area contributed by atoms with Crippen molar-refractivity contribution >= 4 is 23.2 Å². The second kappa shape index (κ2) is 5.22. The first-order valence-corrected chi connectivity index (χ1v) is 6.89. The van der Waals surface area contributed by atoms with Gasteiger partial charge in [-0.05, 0) is 38.1 Å². The van der Waals surface area contributed by atoms with Gasteiger partial charge in [0.25, 0.3) is 5.91 Å². The number of nitrogens with one attached hydrogen (secondary N) is 2. The van der Waals surface area contributed by atoms with Crippen molar-refractivity contribution in [3.63, 3.8) is 0 Å². The Morgan fingerprint density at radius 2 is 2.14 bits per heavy atom. The van der Waals surface area contributed by atoms with Gasteiger partial charge in [0.1, 0.15) is 12.4 Å². The van der Waals surface area contributed by atoms with Crippen LogP contribution in [0.15, 0.2) is 41.0 Å². The lowest BCUT2D eigenvalue weighted by Gasteiger charge is -2.18. The Morgan fingerprint density at radius 3 is 2.86 bits per heavy atom. The van der Waals surface area contributed by atoms with Crippen LogP contribution in [-0.4, -0.2) is 18.4 Å². The van der Waals surface area contributed by atoms with Gasteiger partial charge in [-0.15, -0.1) is 0 Å². The maximum atomic E-state index is 12.0. The fourth-order valence-corrected chi connectivity index (χ4v) is 2.04. The summed E-state index contributed by atoms with van der Waals surface area (Å²) in [5.74, 6) is 0.308. The molecule has 2 N–H and O–H groups in total. The highest BCUT2D eigenvalue weighted by molar-refractivity contribution is 6.03. The summed E-state index contributed by atoms with van der Waals surface area (Å²) in [4.78, 5) is 24.0. The first kappa shape index (κ1) is 14.2. The average molecular weight is 300 g/mol. The molecule has 0 radical (unpaired) electrons. The number of hydrogen-bond acceptors (Lipinski definition) is 4. The third-order valence-corrected chi connectivity index (χ3v) is 3.44. The van der Waals surface area contributed by atoms with Crippen LogP contribution < -0.4 is 15.4 Å². The number of benzene rings is 1. The van der Waals surface area contributed by atoms with Crippen LogP contribution >= 0.6 is 0 Å². The monoisotopic (exact) mass is 300 g/mol. The molecule has 1 aliphatic heterocycles. The largest absolute Gasteiger partial charge is 0.490 e. The van der Waals surface area contributed by atoms with Gasteiger partial charge >= 0.3 is 0 Å². The molecule has 0 aliphatic carbocycles. The number of hydrogen-bond donors (Lipinski definition) is 2. The highest BCUT2D eigenvalue weighted by Crippen LogP contribution is 2.34. The number of furan rings is 1. The molecule has 0 spiro atoms. The molecular weight excluding hydrogens is 284 g/mol. The quantitative estimate of drug-likeness (QED) is 0.893. The van der Waals surface area contributed by atoms with E-state index >= 15 is 0 Å². The molecule has 3 rings (SSSR count). The number of amides is 2. The van der Waals surface area contributed by atoms with E-state index in [4.69, 9.17) is 9.15 Å². The van der Waals surface area contributed by atoms with Crippen molar-refractivity contribution in [3.05, 3.63) is 42.4 Å². The van der Waals surface area contributed by atoms with Crippen molar-refractivity contribution in [3.8, 4) is 5.75 Å². The van der Waals surface area contributed by atoms with Gasteiger partial charge in [0.15, 0.2) is 5.76 Å². The number of carbonyl (C=O) groups is 2. The van der Waals surface area contributed by atoms with E-state index in [-0.39, 0.29) is 24.2 Å².